The first-order valence-corrected chi connectivity index (χ1v) is 11.5. The molecule has 1 amide bonds. The Kier molecular flexibility index (Phi) is 10.5. The van der Waals surface area contributed by atoms with Crippen molar-refractivity contribution in [2.45, 2.75) is 88.7 Å². The summed E-state index contributed by atoms with van der Waals surface area (Å²) in [6.07, 6.45) is 15.0. The zero-order valence-electron chi connectivity index (χ0n) is 18.4. The van der Waals surface area contributed by atoms with E-state index in [9.17, 15) is 4.79 Å². The number of nitrogens with one attached hydrogen (secondary N) is 2. The van der Waals surface area contributed by atoms with Crippen LogP contribution < -0.4 is 10.6 Å². The fourth-order valence-electron chi connectivity index (χ4n) is 4.96. The standard InChI is InChI=1S/C22H40N4O2.HI/c1-26(2)20(27)17-24-21(23-16-18-9-5-3-6-10-18)25-19-11-14-28-22(15-19)12-7-4-8-13-22;/h18-19H,3-17H2,1-2H3,(H2,23,24,25);1H. The van der Waals surface area contributed by atoms with Crippen LogP contribution in [0.15, 0.2) is 4.99 Å². The Bertz CT molecular complexity index is 523. The quantitative estimate of drug-likeness (QED) is 0.330. The van der Waals surface area contributed by atoms with E-state index in [0.29, 0.717) is 6.04 Å². The predicted molar refractivity (Wildman–Crippen MR) is 129 cm³/mol. The van der Waals surface area contributed by atoms with Crippen molar-refractivity contribution in [2.75, 3.05) is 33.8 Å². The highest BCUT2D eigenvalue weighted by atomic mass is 127. The van der Waals surface area contributed by atoms with E-state index < -0.39 is 0 Å². The highest BCUT2D eigenvalue weighted by Gasteiger charge is 2.38. The van der Waals surface area contributed by atoms with Gasteiger partial charge < -0.3 is 20.3 Å². The van der Waals surface area contributed by atoms with E-state index in [1.54, 1.807) is 19.0 Å². The molecule has 2 saturated carbocycles. The highest BCUT2D eigenvalue weighted by molar-refractivity contribution is 14.0. The summed E-state index contributed by atoms with van der Waals surface area (Å²) >= 11 is 0. The molecular weight excluding hydrogens is 479 g/mol. The summed E-state index contributed by atoms with van der Waals surface area (Å²) < 4.78 is 6.24. The molecule has 3 fully saturated rings. The van der Waals surface area contributed by atoms with Crippen LogP contribution in [0.2, 0.25) is 0 Å². The molecule has 1 saturated heterocycles. The van der Waals surface area contributed by atoms with Crippen molar-refractivity contribution in [2.24, 2.45) is 10.9 Å². The Labute approximate surface area is 194 Å². The molecule has 0 bridgehead atoms. The molecule has 0 aromatic rings. The van der Waals surface area contributed by atoms with Gasteiger partial charge >= 0.3 is 0 Å². The van der Waals surface area contributed by atoms with Crippen LogP contribution in [-0.2, 0) is 9.53 Å². The molecule has 1 heterocycles. The van der Waals surface area contributed by atoms with E-state index >= 15 is 0 Å². The van der Waals surface area contributed by atoms with Crippen LogP contribution in [0.1, 0.15) is 77.0 Å². The maximum Gasteiger partial charge on any atom is 0.243 e. The number of likely N-dealkylation sites (N-methyl/N-ethyl adjacent to an activating group) is 1. The van der Waals surface area contributed by atoms with Crippen molar-refractivity contribution in [3.05, 3.63) is 0 Å². The van der Waals surface area contributed by atoms with Gasteiger partial charge in [-0.2, -0.15) is 0 Å². The molecule has 2 aliphatic carbocycles. The zero-order chi connectivity index (χ0) is 19.8. The third kappa shape index (κ3) is 7.89. The molecule has 0 radical (unpaired) electrons. The van der Waals surface area contributed by atoms with Crippen LogP contribution in [0.5, 0.6) is 0 Å². The molecule has 3 rings (SSSR count). The van der Waals surface area contributed by atoms with Gasteiger partial charge in [0.15, 0.2) is 5.96 Å². The first-order valence-electron chi connectivity index (χ1n) is 11.5. The molecule has 0 aromatic carbocycles. The largest absolute Gasteiger partial charge is 0.375 e. The van der Waals surface area contributed by atoms with Crippen molar-refractivity contribution >= 4 is 35.8 Å². The second kappa shape index (κ2) is 12.3. The van der Waals surface area contributed by atoms with E-state index in [1.165, 1.54) is 64.2 Å². The number of carbonyl (C=O) groups excluding carboxylic acids is 1. The van der Waals surface area contributed by atoms with E-state index in [2.05, 4.69) is 15.6 Å². The Balaban J connectivity index is 0.00000300. The summed E-state index contributed by atoms with van der Waals surface area (Å²) in [5.41, 5.74) is 0.0715. The number of rotatable bonds is 5. The van der Waals surface area contributed by atoms with Crippen LogP contribution in [-0.4, -0.2) is 62.2 Å². The highest BCUT2D eigenvalue weighted by Crippen LogP contribution is 2.38. The summed E-state index contributed by atoms with van der Waals surface area (Å²) in [6.45, 7) is 1.97. The lowest BCUT2D eigenvalue weighted by Gasteiger charge is -2.44. The van der Waals surface area contributed by atoms with Crippen LogP contribution in [0.3, 0.4) is 0 Å². The lowest BCUT2D eigenvalue weighted by molar-refractivity contribution is -0.127. The van der Waals surface area contributed by atoms with Crippen LogP contribution >= 0.6 is 24.0 Å². The Morgan fingerprint density at radius 2 is 1.76 bits per heavy atom. The monoisotopic (exact) mass is 520 g/mol. The van der Waals surface area contributed by atoms with Gasteiger partial charge in [-0.05, 0) is 44.4 Å². The number of halogens is 1. The van der Waals surface area contributed by atoms with Crippen molar-refractivity contribution in [3.63, 3.8) is 0 Å². The summed E-state index contributed by atoms with van der Waals surface area (Å²) in [7, 11) is 3.57. The predicted octanol–water partition coefficient (Wildman–Crippen LogP) is 3.69. The minimum Gasteiger partial charge on any atom is -0.375 e. The smallest absolute Gasteiger partial charge is 0.243 e. The van der Waals surface area contributed by atoms with Crippen LogP contribution in [0.4, 0.5) is 0 Å². The van der Waals surface area contributed by atoms with E-state index in [1.807, 2.05) is 0 Å². The molecule has 3 aliphatic rings. The number of amides is 1. The maximum atomic E-state index is 12.0. The number of aliphatic imine (C=N–C) groups is 1. The number of hydrogen-bond acceptors (Lipinski definition) is 3. The summed E-state index contributed by atoms with van der Waals surface area (Å²) in [5.74, 6) is 1.57. The molecule has 1 atom stereocenters. The first kappa shape index (κ1) is 24.7. The fraction of sp³-hybridized carbons (Fsp3) is 0.909. The lowest BCUT2D eigenvalue weighted by Crippen LogP contribution is -2.52. The number of nitrogens with zero attached hydrogens (tertiary/aromatic N) is 2. The van der Waals surface area contributed by atoms with Crippen molar-refractivity contribution < 1.29 is 9.53 Å². The molecule has 0 aromatic heterocycles. The minimum absolute atomic E-state index is 0. The first-order chi connectivity index (χ1) is 13.6. The van der Waals surface area contributed by atoms with Gasteiger partial charge in [0.05, 0.1) is 5.60 Å². The summed E-state index contributed by atoms with van der Waals surface area (Å²) in [4.78, 5) is 18.3. The van der Waals surface area contributed by atoms with Gasteiger partial charge in [0.2, 0.25) is 5.91 Å². The van der Waals surface area contributed by atoms with Crippen LogP contribution in [0, 0.1) is 5.92 Å². The number of hydrogen-bond donors (Lipinski definition) is 2. The lowest BCUT2D eigenvalue weighted by atomic mass is 9.78. The molecule has 7 heteroatoms. The normalized spacial score (nSPS) is 25.2. The van der Waals surface area contributed by atoms with Gasteiger partial charge in [-0.3, -0.25) is 4.79 Å². The Hall–Kier alpha value is -0.570. The summed E-state index contributed by atoms with van der Waals surface area (Å²) in [6, 6.07) is 0.374. The minimum atomic E-state index is 0. The number of carbonyl (C=O) groups is 1. The van der Waals surface area contributed by atoms with Gasteiger partial charge in [0.1, 0.15) is 6.54 Å². The third-order valence-electron chi connectivity index (χ3n) is 6.75. The molecule has 2 N–H and O–H groups in total. The molecule has 1 spiro atoms. The molecule has 1 unspecified atom stereocenters. The second-order valence-corrected chi connectivity index (χ2v) is 9.26. The molecule has 1 aliphatic heterocycles. The molecule has 29 heavy (non-hydrogen) atoms. The molecular formula is C22H41IN4O2. The summed E-state index contributed by atoms with van der Waals surface area (Å²) in [5, 5.41) is 7.20. The van der Waals surface area contributed by atoms with E-state index in [4.69, 9.17) is 4.74 Å². The SMILES string of the molecule is CN(C)C(=O)CN=C(NCC1CCCCC1)NC1CCOC2(CCCCC2)C1.I. The van der Waals surface area contributed by atoms with Gasteiger partial charge in [-0.15, -0.1) is 24.0 Å². The van der Waals surface area contributed by atoms with Crippen molar-refractivity contribution in [1.29, 1.82) is 0 Å². The average molecular weight is 521 g/mol. The molecule has 6 nitrogen and oxygen atoms in total. The zero-order valence-corrected chi connectivity index (χ0v) is 20.7. The van der Waals surface area contributed by atoms with Crippen molar-refractivity contribution in [3.8, 4) is 0 Å². The Morgan fingerprint density at radius 3 is 2.45 bits per heavy atom. The van der Waals surface area contributed by atoms with Gasteiger partial charge in [0.25, 0.3) is 0 Å². The third-order valence-corrected chi connectivity index (χ3v) is 6.75. The number of ether oxygens (including phenoxy) is 1. The average Bonchev–Trinajstić information content (AvgIpc) is 2.71. The van der Waals surface area contributed by atoms with E-state index in [-0.39, 0.29) is 42.0 Å². The maximum absolute atomic E-state index is 12.0. The molecule has 168 valence electrons. The number of guanidine groups is 1. The van der Waals surface area contributed by atoms with E-state index in [0.717, 1.165) is 37.9 Å². The van der Waals surface area contributed by atoms with Gasteiger partial charge in [-0.25, -0.2) is 4.99 Å². The van der Waals surface area contributed by atoms with Crippen LogP contribution in [0.25, 0.3) is 0 Å². The van der Waals surface area contributed by atoms with Crippen molar-refractivity contribution in [1.82, 2.24) is 15.5 Å². The second-order valence-electron chi connectivity index (χ2n) is 9.26. The fourth-order valence-corrected chi connectivity index (χ4v) is 4.96. The topological polar surface area (TPSA) is 66.0 Å². The van der Waals surface area contributed by atoms with Gasteiger partial charge in [0, 0.05) is 33.3 Å². The van der Waals surface area contributed by atoms with Gasteiger partial charge in [-0.1, -0.05) is 38.5 Å². The Morgan fingerprint density at radius 1 is 1.07 bits per heavy atom.